The SMILES string of the molecule is C[C@H](C/C=C/C(CO)CC(=O)O)[C@H]1CC[C@H]2[C@@H]3[C@H](O)C[C@@H]4C[C@H](O)CC[C@]4(C)[C@H]3C[C@H](O)[C@]12C. The van der Waals surface area contributed by atoms with Crippen LogP contribution in [0.4, 0.5) is 0 Å². The molecular formula is C28H46O6. The molecule has 0 spiro atoms. The van der Waals surface area contributed by atoms with E-state index in [4.69, 9.17) is 5.11 Å². The van der Waals surface area contributed by atoms with E-state index in [1.807, 2.05) is 12.2 Å². The van der Waals surface area contributed by atoms with Crippen molar-refractivity contribution in [2.45, 2.75) is 96.9 Å². The van der Waals surface area contributed by atoms with Gasteiger partial charge in [-0.3, -0.25) is 4.79 Å². The van der Waals surface area contributed by atoms with Gasteiger partial charge in [0.1, 0.15) is 0 Å². The molecule has 0 amide bonds. The fourth-order valence-electron chi connectivity index (χ4n) is 9.20. The van der Waals surface area contributed by atoms with E-state index in [2.05, 4.69) is 20.8 Å². The quantitative estimate of drug-likeness (QED) is 0.357. The largest absolute Gasteiger partial charge is 0.481 e. The molecule has 0 radical (unpaired) electrons. The van der Waals surface area contributed by atoms with Crippen LogP contribution in [0, 0.1) is 52.3 Å². The maximum absolute atomic E-state index is 11.6. The van der Waals surface area contributed by atoms with E-state index >= 15 is 0 Å². The van der Waals surface area contributed by atoms with Crippen molar-refractivity contribution in [3.8, 4) is 0 Å². The van der Waals surface area contributed by atoms with Crippen LogP contribution in [0.3, 0.4) is 0 Å². The Kier molecular flexibility index (Phi) is 7.56. The summed E-state index contributed by atoms with van der Waals surface area (Å²) < 4.78 is 0. The van der Waals surface area contributed by atoms with E-state index in [1.165, 1.54) is 0 Å². The lowest BCUT2D eigenvalue weighted by atomic mass is 9.43. The minimum Gasteiger partial charge on any atom is -0.481 e. The maximum atomic E-state index is 11.6. The second-order valence-electron chi connectivity index (χ2n) is 12.7. The lowest BCUT2D eigenvalue weighted by molar-refractivity contribution is -0.206. The van der Waals surface area contributed by atoms with E-state index < -0.39 is 12.1 Å². The van der Waals surface area contributed by atoms with Crippen LogP contribution in [0.15, 0.2) is 12.2 Å². The number of carbonyl (C=O) groups is 1. The van der Waals surface area contributed by atoms with E-state index in [0.29, 0.717) is 29.6 Å². The minimum absolute atomic E-state index is 0.0684. The molecule has 4 fully saturated rings. The Morgan fingerprint density at radius 2 is 1.79 bits per heavy atom. The molecule has 1 unspecified atom stereocenters. The molecule has 4 rings (SSSR count). The summed E-state index contributed by atoms with van der Waals surface area (Å²) >= 11 is 0. The van der Waals surface area contributed by atoms with Crippen molar-refractivity contribution in [2.24, 2.45) is 52.3 Å². The standard InChI is InChI=1S/C28H46O6/c1-16(5-4-6-17(15-29)11-25(33)34)20-7-8-21-26-22(14-24(32)28(20,21)3)27(2)10-9-19(30)12-18(27)13-23(26)31/h4,6,16-24,26,29-32H,5,7-15H2,1-3H3,(H,33,34)/b6-4+/t16-,17?,18+,19-,20-,21+,22+,23-,24+,26+,27+,28-/m1/s1. The molecule has 0 aromatic heterocycles. The third-order valence-electron chi connectivity index (χ3n) is 11.1. The van der Waals surface area contributed by atoms with Crippen LogP contribution in [0.5, 0.6) is 0 Å². The van der Waals surface area contributed by atoms with Crippen molar-refractivity contribution < 1.29 is 30.3 Å². The molecule has 0 saturated heterocycles. The summed E-state index contributed by atoms with van der Waals surface area (Å²) in [5.41, 5.74) is -0.147. The number of fused-ring (bicyclic) bond motifs is 5. The monoisotopic (exact) mass is 478 g/mol. The molecule has 5 N–H and O–H groups in total. The highest BCUT2D eigenvalue weighted by atomic mass is 16.4. The average molecular weight is 479 g/mol. The van der Waals surface area contributed by atoms with E-state index in [1.54, 1.807) is 0 Å². The van der Waals surface area contributed by atoms with E-state index in [9.17, 15) is 25.2 Å². The molecule has 4 aliphatic rings. The number of hydrogen-bond acceptors (Lipinski definition) is 5. The summed E-state index contributed by atoms with van der Waals surface area (Å²) in [4.78, 5) is 11.0. The molecule has 0 aliphatic heterocycles. The topological polar surface area (TPSA) is 118 Å². The highest BCUT2D eigenvalue weighted by Crippen LogP contribution is 2.68. The molecule has 0 aromatic carbocycles. The fourth-order valence-corrected chi connectivity index (χ4v) is 9.20. The molecule has 34 heavy (non-hydrogen) atoms. The van der Waals surface area contributed by atoms with Crippen LogP contribution < -0.4 is 0 Å². The Morgan fingerprint density at radius 1 is 1.06 bits per heavy atom. The first-order valence-electron chi connectivity index (χ1n) is 13.6. The second-order valence-corrected chi connectivity index (χ2v) is 12.7. The van der Waals surface area contributed by atoms with Gasteiger partial charge in [-0.25, -0.2) is 0 Å². The van der Waals surface area contributed by atoms with Crippen LogP contribution >= 0.6 is 0 Å². The second kappa shape index (κ2) is 9.84. The Labute approximate surface area is 204 Å². The maximum Gasteiger partial charge on any atom is 0.304 e. The number of aliphatic hydroxyl groups is 4. The van der Waals surface area contributed by atoms with Gasteiger partial charge in [-0.05, 0) is 97.7 Å². The Bertz CT molecular complexity index is 768. The van der Waals surface area contributed by atoms with Crippen LogP contribution in [0.25, 0.3) is 0 Å². The van der Waals surface area contributed by atoms with Crippen molar-refractivity contribution >= 4 is 5.97 Å². The Hall–Kier alpha value is -0.950. The van der Waals surface area contributed by atoms with Gasteiger partial charge in [0.2, 0.25) is 0 Å². The molecular weight excluding hydrogens is 432 g/mol. The molecule has 4 saturated carbocycles. The van der Waals surface area contributed by atoms with Crippen LogP contribution in [-0.4, -0.2) is 56.4 Å². The van der Waals surface area contributed by atoms with Crippen LogP contribution in [0.2, 0.25) is 0 Å². The van der Waals surface area contributed by atoms with Gasteiger partial charge in [0.25, 0.3) is 0 Å². The zero-order chi connectivity index (χ0) is 24.8. The zero-order valence-electron chi connectivity index (χ0n) is 21.1. The average Bonchev–Trinajstić information content (AvgIpc) is 3.13. The normalized spacial score (nSPS) is 48.1. The van der Waals surface area contributed by atoms with Crippen molar-refractivity contribution in [1.29, 1.82) is 0 Å². The predicted octanol–water partition coefficient (Wildman–Crippen LogP) is 3.61. The number of carboxylic acids is 1. The number of aliphatic hydroxyl groups excluding tert-OH is 4. The summed E-state index contributed by atoms with van der Waals surface area (Å²) in [7, 11) is 0. The third kappa shape index (κ3) is 4.38. The number of carboxylic acid groups (broad SMARTS) is 1. The molecule has 194 valence electrons. The predicted molar refractivity (Wildman–Crippen MR) is 130 cm³/mol. The van der Waals surface area contributed by atoms with Crippen molar-refractivity contribution in [1.82, 2.24) is 0 Å². The summed E-state index contributed by atoms with van der Waals surface area (Å²) in [5.74, 6) is 0.552. The summed E-state index contributed by atoms with van der Waals surface area (Å²) in [6.07, 6.45) is 9.72. The molecule has 4 aliphatic carbocycles. The zero-order valence-corrected chi connectivity index (χ0v) is 21.1. The van der Waals surface area contributed by atoms with Crippen molar-refractivity contribution in [3.63, 3.8) is 0 Å². The number of aliphatic carboxylic acids is 1. The van der Waals surface area contributed by atoms with Crippen LogP contribution in [0.1, 0.15) is 78.6 Å². The van der Waals surface area contributed by atoms with Gasteiger partial charge in [0.05, 0.1) is 24.7 Å². The van der Waals surface area contributed by atoms with Gasteiger partial charge in [0.15, 0.2) is 0 Å². The number of rotatable bonds is 7. The first-order valence-corrected chi connectivity index (χ1v) is 13.6. The third-order valence-corrected chi connectivity index (χ3v) is 11.1. The molecule has 0 aromatic rings. The van der Waals surface area contributed by atoms with Gasteiger partial charge < -0.3 is 25.5 Å². The van der Waals surface area contributed by atoms with Gasteiger partial charge in [0, 0.05) is 12.5 Å². The van der Waals surface area contributed by atoms with Gasteiger partial charge in [-0.15, -0.1) is 0 Å². The number of hydrogen-bond donors (Lipinski definition) is 5. The minimum atomic E-state index is -0.905. The summed E-state index contributed by atoms with van der Waals surface area (Å²) in [6, 6.07) is 0. The summed E-state index contributed by atoms with van der Waals surface area (Å²) in [5, 5.41) is 51.7. The van der Waals surface area contributed by atoms with Gasteiger partial charge in [-0.2, -0.15) is 0 Å². The molecule has 12 atom stereocenters. The smallest absolute Gasteiger partial charge is 0.304 e. The first-order chi connectivity index (χ1) is 16.0. The van der Waals surface area contributed by atoms with Crippen LogP contribution in [-0.2, 0) is 4.79 Å². The summed E-state index contributed by atoms with van der Waals surface area (Å²) in [6.45, 7) is 6.67. The van der Waals surface area contributed by atoms with E-state index in [0.717, 1.165) is 51.4 Å². The van der Waals surface area contributed by atoms with Crippen molar-refractivity contribution in [3.05, 3.63) is 12.2 Å². The van der Waals surface area contributed by atoms with E-state index in [-0.39, 0.29) is 47.9 Å². The molecule has 0 heterocycles. The first kappa shape index (κ1) is 26.1. The molecule has 6 nitrogen and oxygen atoms in total. The Balaban J connectivity index is 1.50. The van der Waals surface area contributed by atoms with Crippen molar-refractivity contribution in [2.75, 3.05) is 6.61 Å². The Morgan fingerprint density at radius 3 is 2.47 bits per heavy atom. The fraction of sp³-hybridized carbons (Fsp3) is 0.893. The lowest BCUT2D eigenvalue weighted by Gasteiger charge is -2.63. The number of allylic oxidation sites excluding steroid dienone is 1. The molecule has 6 heteroatoms. The van der Waals surface area contributed by atoms with Gasteiger partial charge in [-0.1, -0.05) is 32.9 Å². The molecule has 0 bridgehead atoms. The highest BCUT2D eigenvalue weighted by molar-refractivity contribution is 5.67. The highest BCUT2D eigenvalue weighted by Gasteiger charge is 2.65. The lowest BCUT2D eigenvalue weighted by Crippen LogP contribution is -2.62. The van der Waals surface area contributed by atoms with Gasteiger partial charge >= 0.3 is 5.97 Å².